The van der Waals surface area contributed by atoms with Crippen molar-refractivity contribution in [1.29, 1.82) is 0 Å². The van der Waals surface area contributed by atoms with Crippen molar-refractivity contribution in [3.05, 3.63) is 23.8 Å². The van der Waals surface area contributed by atoms with Gasteiger partial charge in [-0.2, -0.15) is 0 Å². The summed E-state index contributed by atoms with van der Waals surface area (Å²) in [6.07, 6.45) is 1.03. The number of rotatable bonds is 6. The summed E-state index contributed by atoms with van der Waals surface area (Å²) < 4.78 is 5.50. The Morgan fingerprint density at radius 2 is 2.05 bits per heavy atom. The second kappa shape index (κ2) is 7.14. The fraction of sp³-hybridized carbons (Fsp3) is 0.533. The summed E-state index contributed by atoms with van der Waals surface area (Å²) in [6, 6.07) is 5.55. The lowest BCUT2D eigenvalue weighted by atomic mass is 10.1. The summed E-state index contributed by atoms with van der Waals surface area (Å²) in [5, 5.41) is 2.76. The highest BCUT2D eigenvalue weighted by atomic mass is 16.5. The minimum absolute atomic E-state index is 0.0567. The molecule has 0 spiro atoms. The Balaban J connectivity index is 2.43. The number of aryl methyl sites for hydroxylation is 1. The van der Waals surface area contributed by atoms with Gasteiger partial charge in [0.05, 0.1) is 17.5 Å². The lowest BCUT2D eigenvalue weighted by molar-refractivity contribution is -0.122. The van der Waals surface area contributed by atoms with E-state index in [1.165, 1.54) is 0 Å². The summed E-state index contributed by atoms with van der Waals surface area (Å²) in [4.78, 5) is 11.7. The molecule has 1 rings (SSSR count). The van der Waals surface area contributed by atoms with Gasteiger partial charge >= 0.3 is 0 Å². The Hall–Kier alpha value is -1.55. The number of ether oxygens (including phenoxy) is 1. The maximum absolute atomic E-state index is 11.7. The van der Waals surface area contributed by atoms with Crippen LogP contribution in [0.5, 0.6) is 0 Å². The SMILES string of the molecule is Cc1ccc(NC(=O)COC(C)CC(C)C)c(N)c1. The lowest BCUT2D eigenvalue weighted by Gasteiger charge is -2.15. The molecule has 0 saturated carbocycles. The van der Waals surface area contributed by atoms with E-state index in [0.29, 0.717) is 17.3 Å². The van der Waals surface area contributed by atoms with Gasteiger partial charge in [-0.25, -0.2) is 0 Å². The molecule has 106 valence electrons. The number of nitrogens with two attached hydrogens (primary N) is 1. The first-order valence-electron chi connectivity index (χ1n) is 6.66. The number of hydrogen-bond donors (Lipinski definition) is 2. The molecular weight excluding hydrogens is 240 g/mol. The summed E-state index contributed by atoms with van der Waals surface area (Å²) in [5.74, 6) is 0.386. The predicted octanol–water partition coefficient (Wildman–Crippen LogP) is 2.97. The molecule has 1 unspecified atom stereocenters. The Morgan fingerprint density at radius 3 is 2.63 bits per heavy atom. The summed E-state index contributed by atoms with van der Waals surface area (Å²) in [6.45, 7) is 8.26. The third kappa shape index (κ3) is 5.75. The Labute approximate surface area is 115 Å². The van der Waals surface area contributed by atoms with Gasteiger partial charge in [0, 0.05) is 0 Å². The van der Waals surface area contributed by atoms with Crippen molar-refractivity contribution >= 4 is 17.3 Å². The highest BCUT2D eigenvalue weighted by Crippen LogP contribution is 2.19. The van der Waals surface area contributed by atoms with Crippen molar-refractivity contribution in [2.24, 2.45) is 5.92 Å². The Bertz CT molecular complexity index is 430. The van der Waals surface area contributed by atoms with Gasteiger partial charge in [-0.3, -0.25) is 4.79 Å². The lowest BCUT2D eigenvalue weighted by Crippen LogP contribution is -2.23. The van der Waals surface area contributed by atoms with E-state index in [9.17, 15) is 4.79 Å². The van der Waals surface area contributed by atoms with Crippen LogP contribution in [0.1, 0.15) is 32.8 Å². The first-order chi connectivity index (χ1) is 8.88. The minimum Gasteiger partial charge on any atom is -0.397 e. The zero-order valence-corrected chi connectivity index (χ0v) is 12.2. The van der Waals surface area contributed by atoms with E-state index in [1.807, 2.05) is 26.0 Å². The van der Waals surface area contributed by atoms with E-state index in [4.69, 9.17) is 10.5 Å². The number of carbonyl (C=O) groups is 1. The smallest absolute Gasteiger partial charge is 0.250 e. The van der Waals surface area contributed by atoms with Crippen LogP contribution in [0.3, 0.4) is 0 Å². The molecule has 4 nitrogen and oxygen atoms in total. The number of anilines is 2. The molecule has 0 saturated heterocycles. The van der Waals surface area contributed by atoms with Gasteiger partial charge in [0.15, 0.2) is 0 Å². The van der Waals surface area contributed by atoms with E-state index < -0.39 is 0 Å². The number of nitrogens with one attached hydrogen (secondary N) is 1. The maximum Gasteiger partial charge on any atom is 0.250 e. The second-order valence-corrected chi connectivity index (χ2v) is 5.39. The van der Waals surface area contributed by atoms with Crippen LogP contribution in [0.2, 0.25) is 0 Å². The summed E-state index contributed by atoms with van der Waals surface area (Å²) >= 11 is 0. The molecular formula is C15H24N2O2. The highest BCUT2D eigenvalue weighted by Gasteiger charge is 2.09. The van der Waals surface area contributed by atoms with Gasteiger partial charge in [-0.15, -0.1) is 0 Å². The molecule has 1 aromatic rings. The molecule has 1 amide bonds. The van der Waals surface area contributed by atoms with Crippen LogP contribution in [0, 0.1) is 12.8 Å². The van der Waals surface area contributed by atoms with Crippen molar-refractivity contribution in [2.45, 2.75) is 40.2 Å². The molecule has 4 heteroatoms. The van der Waals surface area contributed by atoms with Gasteiger partial charge in [0.2, 0.25) is 5.91 Å². The molecule has 0 aliphatic rings. The molecule has 0 bridgehead atoms. The van der Waals surface area contributed by atoms with Gasteiger partial charge in [0.25, 0.3) is 0 Å². The van der Waals surface area contributed by atoms with Crippen LogP contribution in [0.4, 0.5) is 11.4 Å². The van der Waals surface area contributed by atoms with E-state index in [1.54, 1.807) is 6.07 Å². The topological polar surface area (TPSA) is 64.3 Å². The number of benzene rings is 1. The number of hydrogen-bond acceptors (Lipinski definition) is 3. The second-order valence-electron chi connectivity index (χ2n) is 5.39. The molecule has 0 heterocycles. The molecule has 0 radical (unpaired) electrons. The standard InChI is InChI=1S/C15H24N2O2/c1-10(2)7-12(4)19-9-15(18)17-14-6-5-11(3)8-13(14)16/h5-6,8,10,12H,7,9,16H2,1-4H3,(H,17,18). The largest absolute Gasteiger partial charge is 0.397 e. The monoisotopic (exact) mass is 264 g/mol. The molecule has 1 aromatic carbocycles. The van der Waals surface area contributed by atoms with E-state index >= 15 is 0 Å². The van der Waals surface area contributed by atoms with E-state index in [0.717, 1.165) is 12.0 Å². The highest BCUT2D eigenvalue weighted by molar-refractivity contribution is 5.94. The Kier molecular flexibility index (Phi) is 5.83. The van der Waals surface area contributed by atoms with Crippen molar-refractivity contribution in [3.63, 3.8) is 0 Å². The van der Waals surface area contributed by atoms with Crippen LogP contribution in [0.15, 0.2) is 18.2 Å². The molecule has 0 aliphatic heterocycles. The van der Waals surface area contributed by atoms with Crippen molar-refractivity contribution in [1.82, 2.24) is 0 Å². The predicted molar refractivity (Wildman–Crippen MR) is 79.1 cm³/mol. The molecule has 3 N–H and O–H groups in total. The van der Waals surface area contributed by atoms with Crippen molar-refractivity contribution in [2.75, 3.05) is 17.7 Å². The quantitative estimate of drug-likeness (QED) is 0.776. The third-order valence-corrected chi connectivity index (χ3v) is 2.78. The zero-order valence-electron chi connectivity index (χ0n) is 12.2. The zero-order chi connectivity index (χ0) is 14.4. The number of nitrogen functional groups attached to an aromatic ring is 1. The van der Waals surface area contributed by atoms with E-state index in [2.05, 4.69) is 19.2 Å². The number of amides is 1. The summed E-state index contributed by atoms with van der Waals surface area (Å²) in [7, 11) is 0. The Morgan fingerprint density at radius 1 is 1.37 bits per heavy atom. The normalized spacial score (nSPS) is 12.5. The minimum atomic E-state index is -0.175. The van der Waals surface area contributed by atoms with Crippen LogP contribution in [-0.2, 0) is 9.53 Å². The average molecular weight is 264 g/mol. The maximum atomic E-state index is 11.7. The first kappa shape index (κ1) is 15.5. The van der Waals surface area contributed by atoms with Crippen LogP contribution in [0.25, 0.3) is 0 Å². The molecule has 19 heavy (non-hydrogen) atoms. The van der Waals surface area contributed by atoms with Crippen molar-refractivity contribution < 1.29 is 9.53 Å². The van der Waals surface area contributed by atoms with Gasteiger partial charge in [-0.05, 0) is 43.9 Å². The first-order valence-corrected chi connectivity index (χ1v) is 6.66. The van der Waals surface area contributed by atoms with Crippen LogP contribution < -0.4 is 11.1 Å². The average Bonchev–Trinajstić information content (AvgIpc) is 2.29. The van der Waals surface area contributed by atoms with Crippen LogP contribution in [-0.4, -0.2) is 18.6 Å². The van der Waals surface area contributed by atoms with Crippen LogP contribution >= 0.6 is 0 Å². The third-order valence-electron chi connectivity index (χ3n) is 2.78. The van der Waals surface area contributed by atoms with E-state index in [-0.39, 0.29) is 18.6 Å². The summed E-state index contributed by atoms with van der Waals surface area (Å²) in [5.41, 5.74) is 8.11. The van der Waals surface area contributed by atoms with Gasteiger partial charge in [-0.1, -0.05) is 19.9 Å². The molecule has 0 aliphatic carbocycles. The fourth-order valence-electron chi connectivity index (χ4n) is 1.93. The fourth-order valence-corrected chi connectivity index (χ4v) is 1.93. The molecule has 1 atom stereocenters. The number of carbonyl (C=O) groups excluding carboxylic acids is 1. The molecule has 0 fully saturated rings. The van der Waals surface area contributed by atoms with Gasteiger partial charge in [0.1, 0.15) is 6.61 Å². The van der Waals surface area contributed by atoms with Crippen molar-refractivity contribution in [3.8, 4) is 0 Å². The molecule has 0 aromatic heterocycles. The van der Waals surface area contributed by atoms with Gasteiger partial charge < -0.3 is 15.8 Å².